The summed E-state index contributed by atoms with van der Waals surface area (Å²) in [4.78, 5) is 22.0. The van der Waals surface area contributed by atoms with Crippen LogP contribution in [0.4, 0.5) is 5.95 Å². The molecule has 0 aliphatic carbocycles. The molecule has 7 nitrogen and oxygen atoms in total. The van der Waals surface area contributed by atoms with Crippen molar-refractivity contribution in [3.8, 4) is 0 Å². The Morgan fingerprint density at radius 2 is 2.29 bits per heavy atom. The fourth-order valence-corrected chi connectivity index (χ4v) is 2.43. The molecule has 1 aliphatic heterocycles. The molecule has 1 atom stereocenters. The van der Waals surface area contributed by atoms with Crippen molar-refractivity contribution in [3.63, 3.8) is 0 Å². The lowest BCUT2D eigenvalue weighted by molar-refractivity contribution is -0.123. The van der Waals surface area contributed by atoms with E-state index in [-0.39, 0.29) is 12.5 Å². The molecule has 0 saturated carbocycles. The first-order valence-corrected chi connectivity index (χ1v) is 7.13. The van der Waals surface area contributed by atoms with Crippen LogP contribution < -0.4 is 10.2 Å². The van der Waals surface area contributed by atoms with Crippen LogP contribution in [0.5, 0.6) is 0 Å². The highest BCUT2D eigenvalue weighted by Gasteiger charge is 2.34. The summed E-state index contributed by atoms with van der Waals surface area (Å²) in [7, 11) is 1.56. The lowest BCUT2D eigenvalue weighted by Gasteiger charge is -2.39. The molecule has 0 radical (unpaired) electrons. The Bertz CT molecular complexity index is 457. The van der Waals surface area contributed by atoms with E-state index in [9.17, 15) is 9.90 Å². The number of rotatable bonds is 6. The van der Waals surface area contributed by atoms with E-state index in [1.807, 2.05) is 4.90 Å². The van der Waals surface area contributed by atoms with Crippen LogP contribution in [0.2, 0.25) is 0 Å². The minimum atomic E-state index is -0.944. The van der Waals surface area contributed by atoms with Crippen molar-refractivity contribution in [2.24, 2.45) is 0 Å². The molecule has 1 aromatic rings. The Morgan fingerprint density at radius 3 is 3.00 bits per heavy atom. The molecule has 0 bridgehead atoms. The number of aromatic nitrogens is 2. The van der Waals surface area contributed by atoms with Gasteiger partial charge in [0.05, 0.1) is 18.8 Å². The molecule has 7 heteroatoms. The van der Waals surface area contributed by atoms with Crippen molar-refractivity contribution < 1.29 is 14.6 Å². The minimum Gasteiger partial charge on any atom is -0.386 e. The molecular weight excluding hydrogens is 272 g/mol. The highest BCUT2D eigenvalue weighted by atomic mass is 16.5. The Hall–Kier alpha value is -1.73. The Labute approximate surface area is 124 Å². The third-order valence-corrected chi connectivity index (χ3v) is 3.54. The van der Waals surface area contributed by atoms with Gasteiger partial charge in [0.15, 0.2) is 0 Å². The van der Waals surface area contributed by atoms with Crippen molar-refractivity contribution in [1.82, 2.24) is 15.3 Å². The van der Waals surface area contributed by atoms with Crippen LogP contribution in [0.15, 0.2) is 18.5 Å². The summed E-state index contributed by atoms with van der Waals surface area (Å²) < 4.78 is 4.86. The lowest BCUT2D eigenvalue weighted by Crippen LogP contribution is -2.54. The van der Waals surface area contributed by atoms with Crippen molar-refractivity contribution in [1.29, 1.82) is 0 Å². The van der Waals surface area contributed by atoms with Crippen LogP contribution in [0.1, 0.15) is 19.3 Å². The number of hydrogen-bond donors (Lipinski definition) is 2. The van der Waals surface area contributed by atoms with Gasteiger partial charge in [-0.05, 0) is 18.9 Å². The van der Waals surface area contributed by atoms with Gasteiger partial charge in [0.2, 0.25) is 11.9 Å². The number of β-amino-alcohol motifs (C(OH)–C–C–N with tert-alkyl or cyclic N) is 1. The van der Waals surface area contributed by atoms with E-state index in [4.69, 9.17) is 4.74 Å². The summed E-state index contributed by atoms with van der Waals surface area (Å²) in [5.41, 5.74) is -0.944. The van der Waals surface area contributed by atoms with Crippen LogP contribution in [-0.4, -0.2) is 59.9 Å². The number of aliphatic hydroxyl groups is 1. The number of carbonyl (C=O) groups excluding carboxylic acids is 1. The van der Waals surface area contributed by atoms with E-state index in [1.54, 1.807) is 25.6 Å². The van der Waals surface area contributed by atoms with E-state index in [2.05, 4.69) is 15.3 Å². The van der Waals surface area contributed by atoms with Crippen molar-refractivity contribution in [3.05, 3.63) is 18.5 Å². The number of nitrogens with one attached hydrogen (secondary N) is 1. The predicted octanol–water partition coefficient (Wildman–Crippen LogP) is -0.0394. The SMILES string of the molecule is COCCC(=O)NC[C@@]1(O)CCCN(c2ncccn2)C1. The summed E-state index contributed by atoms with van der Waals surface area (Å²) in [6.07, 6.45) is 5.16. The summed E-state index contributed by atoms with van der Waals surface area (Å²) in [5.74, 6) is 0.500. The molecule has 2 N–H and O–H groups in total. The van der Waals surface area contributed by atoms with E-state index >= 15 is 0 Å². The second kappa shape index (κ2) is 7.33. The van der Waals surface area contributed by atoms with Gasteiger partial charge in [0, 0.05) is 39.0 Å². The smallest absolute Gasteiger partial charge is 0.225 e. The zero-order chi connectivity index (χ0) is 15.1. The fraction of sp³-hybridized carbons (Fsp3) is 0.643. The number of ether oxygens (including phenoxy) is 1. The van der Waals surface area contributed by atoms with E-state index < -0.39 is 5.60 Å². The number of nitrogens with zero attached hydrogens (tertiary/aromatic N) is 3. The maximum absolute atomic E-state index is 11.6. The summed E-state index contributed by atoms with van der Waals surface area (Å²) >= 11 is 0. The largest absolute Gasteiger partial charge is 0.386 e. The van der Waals surface area contributed by atoms with Gasteiger partial charge in [-0.15, -0.1) is 0 Å². The highest BCUT2D eigenvalue weighted by molar-refractivity contribution is 5.76. The van der Waals surface area contributed by atoms with Gasteiger partial charge in [0.25, 0.3) is 0 Å². The monoisotopic (exact) mass is 294 g/mol. The summed E-state index contributed by atoms with van der Waals surface area (Å²) in [6.45, 7) is 1.85. The number of carbonyl (C=O) groups is 1. The van der Waals surface area contributed by atoms with Crippen LogP contribution in [-0.2, 0) is 9.53 Å². The second-order valence-electron chi connectivity index (χ2n) is 5.32. The van der Waals surface area contributed by atoms with Gasteiger partial charge in [-0.2, -0.15) is 0 Å². The molecule has 0 aromatic carbocycles. The zero-order valence-corrected chi connectivity index (χ0v) is 12.3. The van der Waals surface area contributed by atoms with E-state index in [1.165, 1.54) is 0 Å². The molecule has 1 aliphatic rings. The molecular formula is C14H22N4O3. The Kier molecular flexibility index (Phi) is 5.46. The summed E-state index contributed by atoms with van der Waals surface area (Å²) in [6, 6.07) is 1.76. The molecule has 21 heavy (non-hydrogen) atoms. The Morgan fingerprint density at radius 1 is 1.52 bits per heavy atom. The van der Waals surface area contributed by atoms with Gasteiger partial charge >= 0.3 is 0 Å². The Balaban J connectivity index is 1.88. The zero-order valence-electron chi connectivity index (χ0n) is 12.3. The quantitative estimate of drug-likeness (QED) is 0.765. The molecule has 1 fully saturated rings. The first-order valence-electron chi connectivity index (χ1n) is 7.13. The van der Waals surface area contributed by atoms with Crippen LogP contribution in [0, 0.1) is 0 Å². The standard InChI is InChI=1S/C14H22N4O3/c1-21-9-4-12(19)17-10-14(20)5-2-8-18(11-14)13-15-6-3-7-16-13/h3,6-7,20H,2,4-5,8-11H2,1H3,(H,17,19)/t14-/m0/s1. The molecule has 1 aromatic heterocycles. The predicted molar refractivity (Wildman–Crippen MR) is 77.9 cm³/mol. The normalized spacial score (nSPS) is 22.1. The van der Waals surface area contributed by atoms with Crippen LogP contribution in [0.3, 0.4) is 0 Å². The first kappa shape index (κ1) is 15.7. The number of piperidine rings is 1. The fourth-order valence-electron chi connectivity index (χ4n) is 2.43. The van der Waals surface area contributed by atoms with Crippen molar-refractivity contribution in [2.45, 2.75) is 24.9 Å². The third-order valence-electron chi connectivity index (χ3n) is 3.54. The average Bonchev–Trinajstić information content (AvgIpc) is 2.52. The van der Waals surface area contributed by atoms with Gasteiger partial charge < -0.3 is 20.1 Å². The van der Waals surface area contributed by atoms with Gasteiger partial charge in [-0.3, -0.25) is 4.79 Å². The molecule has 2 heterocycles. The maximum atomic E-state index is 11.6. The maximum Gasteiger partial charge on any atom is 0.225 e. The molecule has 1 saturated heterocycles. The van der Waals surface area contributed by atoms with E-state index in [0.29, 0.717) is 31.9 Å². The number of methoxy groups -OCH3 is 1. The molecule has 0 spiro atoms. The number of hydrogen-bond acceptors (Lipinski definition) is 6. The van der Waals surface area contributed by atoms with Gasteiger partial charge in [-0.25, -0.2) is 9.97 Å². The average molecular weight is 294 g/mol. The highest BCUT2D eigenvalue weighted by Crippen LogP contribution is 2.23. The summed E-state index contributed by atoms with van der Waals surface area (Å²) in [5, 5.41) is 13.4. The van der Waals surface area contributed by atoms with Crippen LogP contribution >= 0.6 is 0 Å². The minimum absolute atomic E-state index is 0.113. The van der Waals surface area contributed by atoms with Gasteiger partial charge in [-0.1, -0.05) is 0 Å². The number of anilines is 1. The number of amides is 1. The van der Waals surface area contributed by atoms with Crippen molar-refractivity contribution >= 4 is 11.9 Å². The molecule has 1 amide bonds. The van der Waals surface area contributed by atoms with Gasteiger partial charge in [0.1, 0.15) is 0 Å². The van der Waals surface area contributed by atoms with Crippen molar-refractivity contribution in [2.75, 3.05) is 38.3 Å². The molecule has 0 unspecified atom stereocenters. The molecule has 2 rings (SSSR count). The van der Waals surface area contributed by atoms with E-state index in [0.717, 1.165) is 13.0 Å². The second-order valence-corrected chi connectivity index (χ2v) is 5.32. The topological polar surface area (TPSA) is 87.6 Å². The third kappa shape index (κ3) is 4.64. The molecule has 116 valence electrons. The van der Waals surface area contributed by atoms with Crippen LogP contribution in [0.25, 0.3) is 0 Å². The first-order chi connectivity index (χ1) is 10.1. The lowest BCUT2D eigenvalue weighted by atomic mass is 9.93.